The number of carbonyl (C=O) groups is 1. The monoisotopic (exact) mass is 386 g/mol. The predicted molar refractivity (Wildman–Crippen MR) is 106 cm³/mol. The first kappa shape index (κ1) is 19.7. The van der Waals surface area contributed by atoms with E-state index in [9.17, 15) is 4.79 Å². The summed E-state index contributed by atoms with van der Waals surface area (Å²) in [5, 5.41) is 3.14. The van der Waals surface area contributed by atoms with Gasteiger partial charge in [0.15, 0.2) is 11.5 Å². The van der Waals surface area contributed by atoms with Crippen LogP contribution in [0, 0.1) is 5.92 Å². The van der Waals surface area contributed by atoms with Gasteiger partial charge in [0, 0.05) is 30.9 Å². The summed E-state index contributed by atoms with van der Waals surface area (Å²) in [6, 6.07) is 3.55. The lowest BCUT2D eigenvalue weighted by atomic mass is 9.99. The molecule has 0 radical (unpaired) electrons. The second kappa shape index (κ2) is 8.77. The Labute approximate surface area is 164 Å². The smallest absolute Gasteiger partial charge is 0.274 e. The van der Waals surface area contributed by atoms with Crippen LogP contribution >= 0.6 is 0 Å². The summed E-state index contributed by atoms with van der Waals surface area (Å²) in [4.78, 5) is 23.0. The quantitative estimate of drug-likeness (QED) is 0.816. The van der Waals surface area contributed by atoms with Gasteiger partial charge in [0.1, 0.15) is 11.5 Å². The number of aromatic nitrogens is 2. The van der Waals surface area contributed by atoms with Gasteiger partial charge in [0.2, 0.25) is 5.75 Å². The average molecular weight is 386 g/mol. The van der Waals surface area contributed by atoms with Crippen LogP contribution in [0.4, 0.5) is 11.5 Å². The third-order valence-corrected chi connectivity index (χ3v) is 4.88. The maximum atomic E-state index is 12.6. The number of amides is 1. The second-order valence-electron chi connectivity index (χ2n) is 6.80. The van der Waals surface area contributed by atoms with E-state index in [-0.39, 0.29) is 5.91 Å². The molecule has 1 fully saturated rings. The molecule has 3 rings (SSSR count). The molecule has 1 aliphatic heterocycles. The fourth-order valence-electron chi connectivity index (χ4n) is 3.18. The fourth-order valence-corrected chi connectivity index (χ4v) is 3.18. The van der Waals surface area contributed by atoms with Gasteiger partial charge >= 0.3 is 0 Å². The van der Waals surface area contributed by atoms with Gasteiger partial charge in [-0.15, -0.1) is 0 Å². The number of methoxy groups -OCH3 is 3. The zero-order valence-corrected chi connectivity index (χ0v) is 16.7. The van der Waals surface area contributed by atoms with E-state index < -0.39 is 0 Å². The van der Waals surface area contributed by atoms with E-state index in [2.05, 4.69) is 22.2 Å². The zero-order chi connectivity index (χ0) is 20.1. The molecule has 0 spiro atoms. The molecule has 150 valence electrons. The highest BCUT2D eigenvalue weighted by Crippen LogP contribution is 2.40. The van der Waals surface area contributed by atoms with Crippen LogP contribution in [-0.2, 0) is 0 Å². The summed E-state index contributed by atoms with van der Waals surface area (Å²) in [7, 11) is 4.67. The Kier molecular flexibility index (Phi) is 6.18. The molecule has 2 heterocycles. The summed E-state index contributed by atoms with van der Waals surface area (Å²) in [6.07, 6.45) is 5.10. The van der Waals surface area contributed by atoms with Crippen LogP contribution in [0.15, 0.2) is 24.5 Å². The van der Waals surface area contributed by atoms with Gasteiger partial charge in [0.25, 0.3) is 5.91 Å². The molecule has 0 bridgehead atoms. The fraction of sp³-hybridized carbons (Fsp3) is 0.450. The van der Waals surface area contributed by atoms with Crippen molar-refractivity contribution >= 4 is 17.4 Å². The maximum Gasteiger partial charge on any atom is 0.274 e. The molecule has 1 saturated heterocycles. The number of ether oxygens (including phenoxy) is 3. The van der Waals surface area contributed by atoms with Gasteiger partial charge in [-0.25, -0.2) is 9.97 Å². The van der Waals surface area contributed by atoms with Crippen molar-refractivity contribution in [2.75, 3.05) is 39.7 Å². The normalized spacial score (nSPS) is 14.5. The van der Waals surface area contributed by atoms with Crippen LogP contribution in [0.25, 0.3) is 0 Å². The van der Waals surface area contributed by atoms with Crippen molar-refractivity contribution in [1.82, 2.24) is 14.9 Å². The zero-order valence-electron chi connectivity index (χ0n) is 16.7. The van der Waals surface area contributed by atoms with Gasteiger partial charge < -0.3 is 24.4 Å². The summed E-state index contributed by atoms with van der Waals surface area (Å²) in [5.41, 5.74) is 1.05. The van der Waals surface area contributed by atoms with Crippen LogP contribution in [0.5, 0.6) is 17.2 Å². The topological polar surface area (TPSA) is 85.8 Å². The largest absolute Gasteiger partial charge is 0.493 e. The van der Waals surface area contributed by atoms with Crippen LogP contribution in [0.3, 0.4) is 0 Å². The number of rotatable bonds is 6. The summed E-state index contributed by atoms with van der Waals surface area (Å²) in [5.74, 6) is 2.68. The van der Waals surface area contributed by atoms with Crippen molar-refractivity contribution in [3.63, 3.8) is 0 Å². The minimum Gasteiger partial charge on any atom is -0.493 e. The Morgan fingerprint density at radius 3 is 2.18 bits per heavy atom. The molecule has 0 atom stereocenters. The number of benzene rings is 1. The Balaban J connectivity index is 1.73. The summed E-state index contributed by atoms with van der Waals surface area (Å²) < 4.78 is 16.0. The SMILES string of the molecule is COc1cc(Nc2cnc(C(=O)N3CCC(C)CC3)cn2)cc(OC)c1OC. The lowest BCUT2D eigenvalue weighted by molar-refractivity contribution is 0.0691. The highest BCUT2D eigenvalue weighted by atomic mass is 16.5. The third kappa shape index (κ3) is 4.27. The standard InChI is InChI=1S/C20H26N4O4/c1-13-5-7-24(8-6-13)20(25)15-11-22-18(12-21-15)23-14-9-16(26-2)19(28-4)17(10-14)27-3/h9-13H,5-8H2,1-4H3,(H,22,23). The lowest BCUT2D eigenvalue weighted by Gasteiger charge is -2.29. The Bertz CT molecular complexity index is 792. The first-order valence-electron chi connectivity index (χ1n) is 9.24. The maximum absolute atomic E-state index is 12.6. The number of piperidine rings is 1. The van der Waals surface area contributed by atoms with E-state index in [1.807, 2.05) is 4.90 Å². The molecule has 0 saturated carbocycles. The molecule has 8 heteroatoms. The van der Waals surface area contributed by atoms with E-state index in [1.165, 1.54) is 6.20 Å². The number of nitrogens with zero attached hydrogens (tertiary/aromatic N) is 3. The van der Waals surface area contributed by atoms with Crippen molar-refractivity contribution < 1.29 is 19.0 Å². The van der Waals surface area contributed by atoms with Crippen LogP contribution in [-0.4, -0.2) is 55.2 Å². The molecule has 0 unspecified atom stereocenters. The molecule has 1 aliphatic rings. The molecule has 8 nitrogen and oxygen atoms in total. The summed E-state index contributed by atoms with van der Waals surface area (Å²) in [6.45, 7) is 3.76. The Morgan fingerprint density at radius 1 is 1.04 bits per heavy atom. The Hall–Kier alpha value is -3.03. The van der Waals surface area contributed by atoms with Gasteiger partial charge in [0.05, 0.1) is 33.7 Å². The number of anilines is 2. The molecule has 1 N–H and O–H groups in total. The first-order valence-corrected chi connectivity index (χ1v) is 9.24. The number of likely N-dealkylation sites (tertiary alicyclic amines) is 1. The molecule has 1 aromatic carbocycles. The van der Waals surface area contributed by atoms with Gasteiger partial charge in [-0.3, -0.25) is 4.79 Å². The molecular formula is C20H26N4O4. The van der Waals surface area contributed by atoms with Crippen molar-refractivity contribution in [3.8, 4) is 17.2 Å². The van der Waals surface area contributed by atoms with E-state index in [4.69, 9.17) is 14.2 Å². The van der Waals surface area contributed by atoms with Crippen molar-refractivity contribution in [2.45, 2.75) is 19.8 Å². The average Bonchev–Trinajstić information content (AvgIpc) is 2.73. The van der Waals surface area contributed by atoms with E-state index >= 15 is 0 Å². The molecule has 28 heavy (non-hydrogen) atoms. The highest BCUT2D eigenvalue weighted by Gasteiger charge is 2.22. The molecular weight excluding hydrogens is 360 g/mol. The van der Waals surface area contributed by atoms with Gasteiger partial charge in [-0.2, -0.15) is 0 Å². The minimum atomic E-state index is -0.0706. The predicted octanol–water partition coefficient (Wildman–Crippen LogP) is 3.12. The second-order valence-corrected chi connectivity index (χ2v) is 6.80. The number of hydrogen-bond donors (Lipinski definition) is 1. The summed E-state index contributed by atoms with van der Waals surface area (Å²) >= 11 is 0. The molecule has 1 aromatic heterocycles. The van der Waals surface area contributed by atoms with Crippen LogP contribution < -0.4 is 19.5 Å². The first-order chi connectivity index (χ1) is 13.5. The van der Waals surface area contributed by atoms with E-state index in [1.54, 1.807) is 39.7 Å². The van der Waals surface area contributed by atoms with Gasteiger partial charge in [-0.05, 0) is 18.8 Å². The van der Waals surface area contributed by atoms with E-state index in [0.717, 1.165) is 25.9 Å². The molecule has 2 aromatic rings. The number of hydrogen-bond acceptors (Lipinski definition) is 7. The molecule has 0 aliphatic carbocycles. The Morgan fingerprint density at radius 2 is 1.68 bits per heavy atom. The highest BCUT2D eigenvalue weighted by molar-refractivity contribution is 5.92. The minimum absolute atomic E-state index is 0.0706. The van der Waals surface area contributed by atoms with Crippen LogP contribution in [0.1, 0.15) is 30.3 Å². The van der Waals surface area contributed by atoms with Crippen molar-refractivity contribution in [2.24, 2.45) is 5.92 Å². The van der Waals surface area contributed by atoms with Crippen LogP contribution in [0.2, 0.25) is 0 Å². The van der Waals surface area contributed by atoms with Crippen molar-refractivity contribution in [1.29, 1.82) is 0 Å². The molecule has 1 amide bonds. The lowest BCUT2D eigenvalue weighted by Crippen LogP contribution is -2.38. The van der Waals surface area contributed by atoms with Crippen molar-refractivity contribution in [3.05, 3.63) is 30.2 Å². The van der Waals surface area contributed by atoms with E-state index in [0.29, 0.717) is 40.4 Å². The third-order valence-electron chi connectivity index (χ3n) is 4.88. The number of carbonyl (C=O) groups excluding carboxylic acids is 1. The number of nitrogens with one attached hydrogen (secondary N) is 1. The van der Waals surface area contributed by atoms with Gasteiger partial charge in [-0.1, -0.05) is 6.92 Å².